The van der Waals surface area contributed by atoms with E-state index < -0.39 is 0 Å². The molecule has 0 aliphatic heterocycles. The number of aromatic nitrogens is 1. The first-order valence-corrected chi connectivity index (χ1v) is 6.15. The van der Waals surface area contributed by atoms with Crippen molar-refractivity contribution in [3.8, 4) is 11.8 Å². The molecule has 4 heteroatoms. The highest BCUT2D eigenvalue weighted by Crippen LogP contribution is 2.17. The summed E-state index contributed by atoms with van der Waals surface area (Å²) in [6, 6.07) is 5.49. The van der Waals surface area contributed by atoms with Gasteiger partial charge in [-0.25, -0.2) is 0 Å². The lowest BCUT2D eigenvalue weighted by molar-refractivity contribution is 0.198. The Morgan fingerprint density at radius 1 is 1.12 bits per heavy atom. The second-order valence-corrected chi connectivity index (χ2v) is 4.11. The summed E-state index contributed by atoms with van der Waals surface area (Å²) in [5, 5.41) is 0. The fraction of sp³-hybridized carbons (Fsp3) is 0.615. The van der Waals surface area contributed by atoms with Gasteiger partial charge in [-0.05, 0) is 19.8 Å². The molecule has 1 aromatic rings. The lowest BCUT2D eigenvalue weighted by Gasteiger charge is -2.26. The van der Waals surface area contributed by atoms with E-state index in [-0.39, 0.29) is 5.54 Å². The van der Waals surface area contributed by atoms with Gasteiger partial charge in [0.25, 0.3) is 0 Å². The Kier molecular flexibility index (Phi) is 5.22. The molecule has 0 spiro atoms. The molecule has 0 amide bonds. The van der Waals surface area contributed by atoms with Crippen LogP contribution in [0.4, 0.5) is 0 Å². The molecular formula is C13H22N2O2. The number of ether oxygens (including phenoxy) is 2. The zero-order valence-electron chi connectivity index (χ0n) is 10.9. The fourth-order valence-electron chi connectivity index (χ4n) is 1.38. The summed E-state index contributed by atoms with van der Waals surface area (Å²) >= 11 is 0. The van der Waals surface area contributed by atoms with Crippen LogP contribution in [-0.4, -0.2) is 23.7 Å². The molecule has 1 aromatic heterocycles. The molecule has 96 valence electrons. The van der Waals surface area contributed by atoms with Crippen LogP contribution in [0.5, 0.6) is 11.8 Å². The molecule has 0 radical (unpaired) electrons. The first-order chi connectivity index (χ1) is 8.13. The molecule has 0 fully saturated rings. The average molecular weight is 238 g/mol. The fourth-order valence-corrected chi connectivity index (χ4v) is 1.38. The van der Waals surface area contributed by atoms with Crippen LogP contribution >= 0.6 is 0 Å². The topological polar surface area (TPSA) is 57.4 Å². The number of rotatable bonds is 7. The Morgan fingerprint density at radius 3 is 2.24 bits per heavy atom. The zero-order chi connectivity index (χ0) is 12.7. The summed E-state index contributed by atoms with van der Waals surface area (Å²) in [5.74, 6) is 1.15. The Morgan fingerprint density at radius 2 is 1.71 bits per heavy atom. The molecule has 1 rings (SSSR count). The summed E-state index contributed by atoms with van der Waals surface area (Å²) in [6.45, 7) is 7.13. The van der Waals surface area contributed by atoms with Gasteiger partial charge >= 0.3 is 0 Å². The van der Waals surface area contributed by atoms with Crippen molar-refractivity contribution in [2.45, 2.75) is 39.2 Å². The number of nitrogens with zero attached hydrogens (tertiary/aromatic N) is 1. The van der Waals surface area contributed by atoms with Crippen LogP contribution in [0.1, 0.15) is 33.6 Å². The molecule has 0 unspecified atom stereocenters. The van der Waals surface area contributed by atoms with Gasteiger partial charge in [0, 0.05) is 17.7 Å². The lowest BCUT2D eigenvalue weighted by Crippen LogP contribution is -2.44. The normalized spacial score (nSPS) is 11.3. The van der Waals surface area contributed by atoms with E-state index in [1.54, 1.807) is 0 Å². The largest absolute Gasteiger partial charge is 0.478 e. The van der Waals surface area contributed by atoms with Gasteiger partial charge in [-0.15, -0.1) is 0 Å². The molecule has 0 aliphatic rings. The van der Waals surface area contributed by atoms with Crippen LogP contribution in [-0.2, 0) is 0 Å². The third-order valence-corrected chi connectivity index (χ3v) is 2.91. The number of nitrogens with two attached hydrogens (primary N) is 1. The van der Waals surface area contributed by atoms with Gasteiger partial charge < -0.3 is 15.2 Å². The van der Waals surface area contributed by atoms with E-state index in [1.807, 2.05) is 25.1 Å². The van der Waals surface area contributed by atoms with E-state index in [4.69, 9.17) is 15.2 Å². The monoisotopic (exact) mass is 238 g/mol. The van der Waals surface area contributed by atoms with Crippen molar-refractivity contribution in [1.29, 1.82) is 0 Å². The van der Waals surface area contributed by atoms with Gasteiger partial charge in [-0.2, -0.15) is 4.98 Å². The van der Waals surface area contributed by atoms with E-state index in [1.165, 1.54) is 0 Å². The van der Waals surface area contributed by atoms with Crippen LogP contribution in [0.2, 0.25) is 0 Å². The third kappa shape index (κ3) is 4.23. The minimum absolute atomic E-state index is 0.275. The molecule has 0 aromatic carbocycles. The van der Waals surface area contributed by atoms with Crippen molar-refractivity contribution in [2.24, 2.45) is 5.73 Å². The summed E-state index contributed by atoms with van der Waals surface area (Å²) < 4.78 is 10.9. The molecule has 0 saturated carbocycles. The van der Waals surface area contributed by atoms with Crippen molar-refractivity contribution in [3.05, 3.63) is 18.2 Å². The molecule has 0 atom stereocenters. The van der Waals surface area contributed by atoms with Gasteiger partial charge in [0.1, 0.15) is 6.61 Å². The predicted octanol–water partition coefficient (Wildman–Crippen LogP) is 2.38. The maximum atomic E-state index is 6.16. The summed E-state index contributed by atoms with van der Waals surface area (Å²) in [5.41, 5.74) is 5.88. The number of pyridine rings is 1. The summed E-state index contributed by atoms with van der Waals surface area (Å²) in [4.78, 5) is 4.23. The lowest BCUT2D eigenvalue weighted by atomic mass is 9.96. The molecule has 0 aliphatic carbocycles. The van der Waals surface area contributed by atoms with Crippen molar-refractivity contribution in [1.82, 2.24) is 4.98 Å². The van der Waals surface area contributed by atoms with Crippen molar-refractivity contribution >= 4 is 0 Å². The van der Waals surface area contributed by atoms with Crippen molar-refractivity contribution in [2.75, 3.05) is 13.2 Å². The van der Waals surface area contributed by atoms with E-state index in [2.05, 4.69) is 18.8 Å². The Balaban J connectivity index is 2.59. The second kappa shape index (κ2) is 6.45. The average Bonchev–Trinajstić information content (AvgIpc) is 2.37. The van der Waals surface area contributed by atoms with E-state index in [0.717, 1.165) is 12.8 Å². The minimum atomic E-state index is -0.275. The highest BCUT2D eigenvalue weighted by Gasteiger charge is 2.21. The van der Waals surface area contributed by atoms with E-state index in [9.17, 15) is 0 Å². The number of hydrogen-bond donors (Lipinski definition) is 1. The van der Waals surface area contributed by atoms with Crippen LogP contribution < -0.4 is 15.2 Å². The molecule has 2 N–H and O–H groups in total. The van der Waals surface area contributed by atoms with Gasteiger partial charge in [-0.3, -0.25) is 0 Å². The third-order valence-electron chi connectivity index (χ3n) is 2.91. The number of hydrogen-bond acceptors (Lipinski definition) is 4. The van der Waals surface area contributed by atoms with Gasteiger partial charge in [0.15, 0.2) is 0 Å². The Labute approximate surface area is 103 Å². The van der Waals surface area contributed by atoms with Crippen molar-refractivity contribution < 1.29 is 9.47 Å². The first-order valence-electron chi connectivity index (χ1n) is 6.15. The summed E-state index contributed by atoms with van der Waals surface area (Å²) in [7, 11) is 0. The van der Waals surface area contributed by atoms with Gasteiger partial charge in [-0.1, -0.05) is 19.9 Å². The highest BCUT2D eigenvalue weighted by molar-refractivity contribution is 5.19. The van der Waals surface area contributed by atoms with Crippen LogP contribution in [0.15, 0.2) is 18.2 Å². The van der Waals surface area contributed by atoms with Crippen molar-refractivity contribution in [3.63, 3.8) is 0 Å². The second-order valence-electron chi connectivity index (χ2n) is 4.11. The van der Waals surface area contributed by atoms with E-state index in [0.29, 0.717) is 25.0 Å². The SMILES string of the molecule is CCOc1cccc(OCC(N)(CC)CC)n1. The molecule has 0 saturated heterocycles. The zero-order valence-corrected chi connectivity index (χ0v) is 10.9. The molecule has 1 heterocycles. The van der Waals surface area contributed by atoms with Crippen LogP contribution in [0.25, 0.3) is 0 Å². The smallest absolute Gasteiger partial charge is 0.216 e. The van der Waals surface area contributed by atoms with Gasteiger partial charge in [0.2, 0.25) is 11.8 Å². The van der Waals surface area contributed by atoms with Crippen LogP contribution in [0, 0.1) is 0 Å². The molecule has 0 bridgehead atoms. The predicted molar refractivity (Wildman–Crippen MR) is 68.4 cm³/mol. The Bertz CT molecular complexity index is 338. The molecule has 4 nitrogen and oxygen atoms in total. The summed E-state index contributed by atoms with van der Waals surface area (Å²) in [6.07, 6.45) is 1.77. The maximum Gasteiger partial charge on any atom is 0.216 e. The standard InChI is InChI=1S/C13H22N2O2/c1-4-13(14,5-2)10-17-12-9-7-8-11(15-12)16-6-3/h7-9H,4-6,10,14H2,1-3H3. The highest BCUT2D eigenvalue weighted by atomic mass is 16.5. The van der Waals surface area contributed by atoms with Gasteiger partial charge in [0.05, 0.1) is 6.61 Å². The first kappa shape index (κ1) is 13.8. The quantitative estimate of drug-likeness (QED) is 0.792. The minimum Gasteiger partial charge on any atom is -0.478 e. The van der Waals surface area contributed by atoms with E-state index >= 15 is 0 Å². The molecular weight excluding hydrogens is 216 g/mol. The maximum absolute atomic E-state index is 6.16. The molecule has 17 heavy (non-hydrogen) atoms. The van der Waals surface area contributed by atoms with Crippen LogP contribution in [0.3, 0.4) is 0 Å². The Hall–Kier alpha value is -1.29.